The SMILES string of the molecule is C=CC1(C)CC(O)C2(C)C3C(=O)CCC3(CCC2(C)OC(=O)CN2CCN(C(=O)CCn3cnc4c(N5CCNCC5)nc(N)nc43)CC2)C(C)C1O. The lowest BCUT2D eigenvalue weighted by Crippen LogP contribution is -2.69. The number of aryl methyl sites for hydroxylation is 1. The predicted octanol–water partition coefficient (Wildman–Crippen LogP) is 1.37. The number of anilines is 2. The molecule has 8 atom stereocenters. The molecule has 1 amide bonds. The Morgan fingerprint density at radius 3 is 2.49 bits per heavy atom. The fraction of sp³-hybridized carbons (Fsp3) is 0.737. The molecule has 0 aromatic carbocycles. The Morgan fingerprint density at radius 2 is 1.79 bits per heavy atom. The van der Waals surface area contributed by atoms with Crippen molar-refractivity contribution in [2.75, 3.05) is 69.5 Å². The maximum Gasteiger partial charge on any atom is 0.320 e. The van der Waals surface area contributed by atoms with E-state index in [0.717, 1.165) is 26.2 Å². The summed E-state index contributed by atoms with van der Waals surface area (Å²) in [6.07, 6.45) is 4.27. The number of rotatable bonds is 8. The molecule has 2 aliphatic heterocycles. The number of nitrogens with one attached hydrogen (secondary N) is 1. The number of nitrogen functional groups attached to an aromatic ring is 1. The van der Waals surface area contributed by atoms with Crippen molar-refractivity contribution in [2.24, 2.45) is 28.1 Å². The van der Waals surface area contributed by atoms with Crippen LogP contribution in [-0.2, 0) is 25.7 Å². The van der Waals surface area contributed by atoms with Crippen LogP contribution < -0.4 is 16.0 Å². The molecule has 290 valence electrons. The second-order valence-corrected chi connectivity index (χ2v) is 16.9. The first-order chi connectivity index (χ1) is 25.2. The van der Waals surface area contributed by atoms with Crippen LogP contribution in [0.4, 0.5) is 11.8 Å². The number of aliphatic hydroxyl groups is 2. The summed E-state index contributed by atoms with van der Waals surface area (Å²) in [7, 11) is 0. The molecule has 7 rings (SSSR count). The number of carbonyl (C=O) groups excluding carboxylic acids is 3. The van der Waals surface area contributed by atoms with Crippen LogP contribution in [0.3, 0.4) is 0 Å². The van der Waals surface area contributed by atoms with E-state index in [1.54, 1.807) is 12.4 Å². The summed E-state index contributed by atoms with van der Waals surface area (Å²) in [5.74, 6) is -0.171. The molecule has 5 fully saturated rings. The van der Waals surface area contributed by atoms with E-state index in [2.05, 4.69) is 31.7 Å². The molecule has 5 aliphatic rings. The lowest BCUT2D eigenvalue weighted by molar-refractivity contribution is -0.252. The number of ketones is 1. The molecule has 0 spiro atoms. The van der Waals surface area contributed by atoms with Crippen LogP contribution in [0, 0.1) is 28.1 Å². The van der Waals surface area contributed by atoms with Crippen molar-refractivity contribution < 1.29 is 29.3 Å². The number of esters is 1. The quantitative estimate of drug-likeness (QED) is 0.225. The van der Waals surface area contributed by atoms with E-state index in [1.807, 2.05) is 42.1 Å². The second-order valence-electron chi connectivity index (χ2n) is 16.9. The van der Waals surface area contributed by atoms with Gasteiger partial charge in [-0.2, -0.15) is 9.97 Å². The molecule has 2 aromatic rings. The van der Waals surface area contributed by atoms with Gasteiger partial charge in [0.2, 0.25) is 11.9 Å². The Bertz CT molecular complexity index is 1760. The lowest BCUT2D eigenvalue weighted by Gasteiger charge is -2.64. The summed E-state index contributed by atoms with van der Waals surface area (Å²) in [5, 5.41) is 27.0. The highest BCUT2D eigenvalue weighted by molar-refractivity contribution is 5.86. The Labute approximate surface area is 311 Å². The molecular formula is C38H57N9O6. The molecule has 2 bridgehead atoms. The summed E-state index contributed by atoms with van der Waals surface area (Å²) in [5.41, 5.74) is 3.95. The summed E-state index contributed by atoms with van der Waals surface area (Å²) in [6, 6.07) is 0. The average molecular weight is 736 g/mol. The molecule has 3 aliphatic carbocycles. The molecule has 15 heteroatoms. The zero-order valence-electron chi connectivity index (χ0n) is 31.7. The number of nitrogens with zero attached hydrogens (tertiary/aromatic N) is 7. The molecule has 4 heterocycles. The standard InChI is InChI=1S/C38H57N9O6/c1-6-35(3)21-26(49)37(5)30-25(48)7-9-38(30,24(2)31(35)52)11-10-36(37,4)53-28(51)22-44-17-19-45(20-18-44)27(50)8-14-47-23-41-29-32(42-34(39)43-33(29)47)46-15-12-40-13-16-46/h6,23-24,26,30-31,40,49,52H,1,7-22H2,2-5H3,(H2,39,42,43). The number of hydrogen-bond acceptors (Lipinski definition) is 13. The largest absolute Gasteiger partial charge is 0.458 e. The minimum atomic E-state index is -1.10. The fourth-order valence-electron chi connectivity index (χ4n) is 10.7. The minimum Gasteiger partial charge on any atom is -0.458 e. The van der Waals surface area contributed by atoms with Crippen molar-refractivity contribution in [3.63, 3.8) is 0 Å². The van der Waals surface area contributed by atoms with E-state index in [0.29, 0.717) is 75.4 Å². The summed E-state index contributed by atoms with van der Waals surface area (Å²) in [6.45, 7) is 17.5. The topological polar surface area (TPSA) is 192 Å². The van der Waals surface area contributed by atoms with Crippen LogP contribution in [0.25, 0.3) is 11.2 Å². The van der Waals surface area contributed by atoms with Gasteiger partial charge in [-0.25, -0.2) is 4.98 Å². The van der Waals surface area contributed by atoms with E-state index in [-0.39, 0.29) is 42.9 Å². The fourth-order valence-corrected chi connectivity index (χ4v) is 10.7. The number of fused-ring (bicyclic) bond motifs is 1. The monoisotopic (exact) mass is 735 g/mol. The first-order valence-electron chi connectivity index (χ1n) is 19.3. The van der Waals surface area contributed by atoms with Crippen molar-refractivity contribution in [2.45, 2.75) is 90.6 Å². The Hall–Kier alpha value is -3.66. The van der Waals surface area contributed by atoms with Gasteiger partial charge in [0.25, 0.3) is 0 Å². The van der Waals surface area contributed by atoms with Gasteiger partial charge in [0, 0.05) is 88.5 Å². The molecule has 5 N–H and O–H groups in total. The van der Waals surface area contributed by atoms with Gasteiger partial charge >= 0.3 is 5.97 Å². The maximum atomic E-state index is 13.7. The third-order valence-corrected chi connectivity index (χ3v) is 14.3. The van der Waals surface area contributed by atoms with Gasteiger partial charge in [-0.05, 0) is 43.9 Å². The number of ether oxygens (including phenoxy) is 1. The van der Waals surface area contributed by atoms with Gasteiger partial charge in [-0.15, -0.1) is 6.58 Å². The van der Waals surface area contributed by atoms with Crippen LogP contribution in [0.2, 0.25) is 0 Å². The number of carbonyl (C=O) groups is 3. The van der Waals surface area contributed by atoms with E-state index < -0.39 is 45.9 Å². The Kier molecular flexibility index (Phi) is 9.86. The number of Topliss-reactive ketones (excluding diaryl/α,β-unsaturated/α-hetero) is 1. The average Bonchev–Trinajstić information content (AvgIpc) is 3.72. The molecular weight excluding hydrogens is 678 g/mol. The van der Waals surface area contributed by atoms with E-state index >= 15 is 0 Å². The smallest absolute Gasteiger partial charge is 0.320 e. The first kappa shape index (κ1) is 37.6. The molecule has 53 heavy (non-hydrogen) atoms. The third-order valence-electron chi connectivity index (χ3n) is 14.3. The Balaban J connectivity index is 0.971. The Morgan fingerprint density at radius 1 is 1.08 bits per heavy atom. The molecule has 2 aromatic heterocycles. The normalized spacial score (nSPS) is 36.5. The molecule has 2 saturated heterocycles. The van der Waals surface area contributed by atoms with Gasteiger partial charge in [0.1, 0.15) is 11.4 Å². The maximum absolute atomic E-state index is 13.7. The van der Waals surface area contributed by atoms with Crippen molar-refractivity contribution in [3.05, 3.63) is 19.0 Å². The van der Waals surface area contributed by atoms with Crippen LogP contribution in [0.5, 0.6) is 0 Å². The number of hydrogen-bond donors (Lipinski definition) is 4. The minimum absolute atomic E-state index is 0.00919. The van der Waals surface area contributed by atoms with Gasteiger partial charge in [-0.1, -0.05) is 26.8 Å². The number of imidazole rings is 1. The van der Waals surface area contributed by atoms with Crippen molar-refractivity contribution in [3.8, 4) is 0 Å². The number of nitrogens with two attached hydrogens (primary N) is 1. The third kappa shape index (κ3) is 6.21. The van der Waals surface area contributed by atoms with Gasteiger partial charge in [-0.3, -0.25) is 19.3 Å². The molecule has 15 nitrogen and oxygen atoms in total. The van der Waals surface area contributed by atoms with Crippen LogP contribution in [0.1, 0.15) is 66.2 Å². The number of aromatic nitrogens is 4. The highest BCUT2D eigenvalue weighted by Gasteiger charge is 2.72. The number of piperazine rings is 2. The van der Waals surface area contributed by atoms with E-state index in [9.17, 15) is 24.6 Å². The molecule has 0 radical (unpaired) electrons. The summed E-state index contributed by atoms with van der Waals surface area (Å²) in [4.78, 5) is 60.2. The molecule has 8 unspecified atom stereocenters. The summed E-state index contributed by atoms with van der Waals surface area (Å²) >= 11 is 0. The lowest BCUT2D eigenvalue weighted by atomic mass is 9.42. The number of amides is 1. The zero-order chi connectivity index (χ0) is 37.9. The molecule has 3 saturated carbocycles. The highest BCUT2D eigenvalue weighted by Crippen LogP contribution is 2.69. The first-order valence-corrected chi connectivity index (χ1v) is 19.3. The summed E-state index contributed by atoms with van der Waals surface area (Å²) < 4.78 is 8.26. The van der Waals surface area contributed by atoms with E-state index in [1.165, 1.54) is 0 Å². The van der Waals surface area contributed by atoms with Crippen molar-refractivity contribution in [1.29, 1.82) is 0 Å². The predicted molar refractivity (Wildman–Crippen MR) is 199 cm³/mol. The van der Waals surface area contributed by atoms with E-state index in [4.69, 9.17) is 10.5 Å². The van der Waals surface area contributed by atoms with Crippen molar-refractivity contribution in [1.82, 2.24) is 34.6 Å². The van der Waals surface area contributed by atoms with Gasteiger partial charge in [0.05, 0.1) is 25.1 Å². The van der Waals surface area contributed by atoms with Gasteiger partial charge in [0.15, 0.2) is 17.0 Å². The van der Waals surface area contributed by atoms with Crippen LogP contribution in [0.15, 0.2) is 19.0 Å². The number of aliphatic hydroxyl groups excluding tert-OH is 2. The van der Waals surface area contributed by atoms with Crippen LogP contribution in [-0.4, -0.2) is 134 Å². The zero-order valence-corrected chi connectivity index (χ0v) is 31.7. The highest BCUT2D eigenvalue weighted by atomic mass is 16.6. The van der Waals surface area contributed by atoms with Crippen LogP contribution >= 0.6 is 0 Å². The second kappa shape index (κ2) is 13.9. The van der Waals surface area contributed by atoms with Gasteiger partial charge < -0.3 is 40.4 Å². The van der Waals surface area contributed by atoms with Crippen molar-refractivity contribution >= 4 is 40.6 Å².